The maximum atomic E-state index is 13.0. The van der Waals surface area contributed by atoms with E-state index in [0.717, 1.165) is 10.9 Å². The van der Waals surface area contributed by atoms with Crippen molar-refractivity contribution in [3.05, 3.63) is 66.2 Å². The highest BCUT2D eigenvalue weighted by molar-refractivity contribution is 6.09. The lowest BCUT2D eigenvalue weighted by atomic mass is 9.95. The predicted octanol–water partition coefficient (Wildman–Crippen LogP) is 4.94. The van der Waals surface area contributed by atoms with Gasteiger partial charge in [0.15, 0.2) is 23.0 Å². The first kappa shape index (κ1) is 19.2. The molecule has 0 saturated carbocycles. The van der Waals surface area contributed by atoms with E-state index in [2.05, 4.69) is 4.98 Å². The number of rotatable bonds is 4. The fourth-order valence-corrected chi connectivity index (χ4v) is 3.96. The monoisotopic (exact) mass is 443 g/mol. The first-order chi connectivity index (χ1) is 16.2. The van der Waals surface area contributed by atoms with E-state index in [4.69, 9.17) is 28.4 Å². The van der Waals surface area contributed by atoms with Gasteiger partial charge < -0.3 is 28.4 Å². The molecule has 0 bridgehead atoms. The van der Waals surface area contributed by atoms with Gasteiger partial charge in [0.2, 0.25) is 19.5 Å². The molecule has 4 aromatic rings. The van der Waals surface area contributed by atoms with Crippen LogP contribution < -0.4 is 23.7 Å². The van der Waals surface area contributed by atoms with Gasteiger partial charge in [-0.2, -0.15) is 0 Å². The number of para-hydroxylation sites is 1. The number of carbonyl (C=O) groups is 1. The average molecular weight is 443 g/mol. The smallest absolute Gasteiger partial charge is 0.344 e. The lowest BCUT2D eigenvalue weighted by Gasteiger charge is -2.16. The first-order valence-corrected chi connectivity index (χ1v) is 10.2. The molecular formula is C25H17NO7. The number of benzene rings is 3. The Morgan fingerprint density at radius 1 is 0.848 bits per heavy atom. The summed E-state index contributed by atoms with van der Waals surface area (Å²) in [4.78, 5) is 17.7. The summed E-state index contributed by atoms with van der Waals surface area (Å²) in [5.41, 5.74) is 2.23. The van der Waals surface area contributed by atoms with Gasteiger partial charge in [0.25, 0.3) is 0 Å². The molecule has 0 unspecified atom stereocenters. The number of ether oxygens (including phenoxy) is 6. The maximum absolute atomic E-state index is 13.0. The van der Waals surface area contributed by atoms with Crippen LogP contribution in [-0.4, -0.2) is 31.6 Å². The summed E-state index contributed by atoms with van der Waals surface area (Å²) >= 11 is 0. The molecule has 2 aliphatic heterocycles. The van der Waals surface area contributed by atoms with Gasteiger partial charge in [-0.3, -0.25) is 0 Å². The zero-order valence-corrected chi connectivity index (χ0v) is 17.5. The molecule has 8 nitrogen and oxygen atoms in total. The number of fused-ring (bicyclic) bond motifs is 3. The number of nitrogens with zero attached hydrogens (tertiary/aromatic N) is 1. The van der Waals surface area contributed by atoms with Crippen molar-refractivity contribution in [3.8, 4) is 45.8 Å². The molecule has 0 radical (unpaired) electrons. The van der Waals surface area contributed by atoms with Gasteiger partial charge in [-0.25, -0.2) is 9.78 Å². The van der Waals surface area contributed by atoms with Crippen molar-refractivity contribution in [2.75, 3.05) is 20.7 Å². The Balaban J connectivity index is 1.57. The van der Waals surface area contributed by atoms with Crippen LogP contribution in [-0.2, 0) is 4.74 Å². The van der Waals surface area contributed by atoms with Crippen LogP contribution in [0.25, 0.3) is 22.0 Å². The molecule has 3 heterocycles. The molecule has 33 heavy (non-hydrogen) atoms. The van der Waals surface area contributed by atoms with Gasteiger partial charge in [0.05, 0.1) is 12.6 Å². The van der Waals surface area contributed by atoms with E-state index < -0.39 is 5.97 Å². The van der Waals surface area contributed by atoms with Crippen molar-refractivity contribution in [1.29, 1.82) is 0 Å². The summed E-state index contributed by atoms with van der Waals surface area (Å²) in [6.45, 7) is 0.299. The van der Waals surface area contributed by atoms with E-state index in [0.29, 0.717) is 39.8 Å². The third-order valence-corrected chi connectivity index (χ3v) is 5.47. The third-order valence-electron chi connectivity index (χ3n) is 5.47. The highest BCUT2D eigenvalue weighted by Crippen LogP contribution is 2.43. The Morgan fingerprint density at radius 2 is 1.55 bits per heavy atom. The molecule has 0 fully saturated rings. The topological polar surface area (TPSA) is 85.3 Å². The molecule has 0 spiro atoms. The van der Waals surface area contributed by atoms with E-state index in [1.807, 2.05) is 42.5 Å². The van der Waals surface area contributed by atoms with Crippen LogP contribution in [0.3, 0.4) is 0 Å². The summed E-state index contributed by atoms with van der Waals surface area (Å²) in [6.07, 6.45) is 0. The summed E-state index contributed by atoms with van der Waals surface area (Å²) in [5.74, 6) is 2.43. The second-order valence-electron chi connectivity index (χ2n) is 7.36. The molecule has 0 amide bonds. The second kappa shape index (κ2) is 7.59. The van der Waals surface area contributed by atoms with Crippen LogP contribution in [0.1, 0.15) is 10.4 Å². The number of carbonyl (C=O) groups excluding carboxylic acids is 1. The highest BCUT2D eigenvalue weighted by Gasteiger charge is 2.27. The van der Waals surface area contributed by atoms with Crippen LogP contribution in [0.4, 0.5) is 0 Å². The molecule has 0 atom stereocenters. The molecule has 1 aromatic heterocycles. The van der Waals surface area contributed by atoms with Gasteiger partial charge >= 0.3 is 5.97 Å². The fraction of sp³-hybridized carbons (Fsp3) is 0.120. The van der Waals surface area contributed by atoms with Crippen molar-refractivity contribution >= 4 is 16.9 Å². The summed E-state index contributed by atoms with van der Waals surface area (Å²) < 4.78 is 33.1. The number of hydrogen-bond donors (Lipinski definition) is 0. The van der Waals surface area contributed by atoms with E-state index in [1.165, 1.54) is 7.11 Å². The molecule has 164 valence electrons. The second-order valence-corrected chi connectivity index (χ2v) is 7.36. The van der Waals surface area contributed by atoms with Gasteiger partial charge in [0, 0.05) is 17.0 Å². The minimum Gasteiger partial charge on any atom is -0.465 e. The zero-order chi connectivity index (χ0) is 22.4. The van der Waals surface area contributed by atoms with Crippen molar-refractivity contribution in [3.63, 3.8) is 0 Å². The van der Waals surface area contributed by atoms with Crippen molar-refractivity contribution in [1.82, 2.24) is 4.98 Å². The number of methoxy groups -OCH3 is 1. The third kappa shape index (κ3) is 3.23. The van der Waals surface area contributed by atoms with Gasteiger partial charge in [-0.1, -0.05) is 24.3 Å². The van der Waals surface area contributed by atoms with E-state index >= 15 is 0 Å². The molecule has 8 heteroatoms. The highest BCUT2D eigenvalue weighted by atomic mass is 16.7. The van der Waals surface area contributed by atoms with Crippen LogP contribution in [0.5, 0.6) is 34.6 Å². The fourth-order valence-electron chi connectivity index (χ4n) is 3.96. The lowest BCUT2D eigenvalue weighted by Crippen LogP contribution is -2.08. The Labute approximate surface area is 188 Å². The number of aromatic nitrogens is 1. The van der Waals surface area contributed by atoms with E-state index in [-0.39, 0.29) is 25.0 Å². The molecule has 3 aromatic carbocycles. The Morgan fingerprint density at radius 3 is 2.33 bits per heavy atom. The Hall–Kier alpha value is -4.46. The predicted molar refractivity (Wildman–Crippen MR) is 117 cm³/mol. The molecular weight excluding hydrogens is 426 g/mol. The van der Waals surface area contributed by atoms with Crippen LogP contribution in [0.2, 0.25) is 0 Å². The minimum absolute atomic E-state index is 0.118. The summed E-state index contributed by atoms with van der Waals surface area (Å²) in [5, 5.41) is 0.773. The lowest BCUT2D eigenvalue weighted by molar-refractivity contribution is 0.0598. The standard InChI is InChI=1S/C25H17NO7/c1-28-25(27)23-22(14-6-8-18-20(10-14)31-12-29-18)16-4-2-3-5-17(16)26-24(23)33-15-7-9-19-21(11-15)32-13-30-19/h2-11H,12-13H2,1H3. The van der Waals surface area contributed by atoms with Gasteiger partial charge in [0.1, 0.15) is 11.3 Å². The van der Waals surface area contributed by atoms with Gasteiger partial charge in [-0.15, -0.1) is 0 Å². The largest absolute Gasteiger partial charge is 0.465 e. The van der Waals surface area contributed by atoms with Crippen molar-refractivity contribution in [2.45, 2.75) is 0 Å². The molecule has 0 aliphatic carbocycles. The zero-order valence-electron chi connectivity index (χ0n) is 17.5. The normalized spacial score (nSPS) is 13.2. The summed E-state index contributed by atoms with van der Waals surface area (Å²) in [7, 11) is 1.32. The molecule has 0 N–H and O–H groups in total. The van der Waals surface area contributed by atoms with Crippen molar-refractivity contribution < 1.29 is 33.2 Å². The van der Waals surface area contributed by atoms with Crippen LogP contribution >= 0.6 is 0 Å². The molecule has 2 aliphatic rings. The number of esters is 1. The first-order valence-electron chi connectivity index (χ1n) is 10.2. The average Bonchev–Trinajstić information content (AvgIpc) is 3.51. The number of pyridine rings is 1. The van der Waals surface area contributed by atoms with Crippen LogP contribution in [0.15, 0.2) is 60.7 Å². The minimum atomic E-state index is -0.573. The Kier molecular flexibility index (Phi) is 4.43. The molecule has 6 rings (SSSR count). The van der Waals surface area contributed by atoms with E-state index in [1.54, 1.807) is 18.2 Å². The van der Waals surface area contributed by atoms with E-state index in [9.17, 15) is 4.79 Å². The van der Waals surface area contributed by atoms with Gasteiger partial charge in [-0.05, 0) is 35.9 Å². The Bertz CT molecular complexity index is 1420. The number of hydrogen-bond acceptors (Lipinski definition) is 8. The molecule has 0 saturated heterocycles. The quantitative estimate of drug-likeness (QED) is 0.410. The SMILES string of the molecule is COC(=O)c1c(Oc2ccc3c(c2)OCO3)nc2ccccc2c1-c1ccc2c(c1)OCO2. The summed E-state index contributed by atoms with van der Waals surface area (Å²) in [6, 6.07) is 18.2. The van der Waals surface area contributed by atoms with Crippen LogP contribution in [0, 0.1) is 0 Å². The maximum Gasteiger partial charge on any atom is 0.344 e. The van der Waals surface area contributed by atoms with Crippen molar-refractivity contribution in [2.24, 2.45) is 0 Å².